The highest BCUT2D eigenvalue weighted by molar-refractivity contribution is 6.31. The number of nitrogens with zero attached hydrogens (tertiary/aromatic N) is 1. The van der Waals surface area contributed by atoms with E-state index >= 15 is 0 Å². The first-order valence-corrected chi connectivity index (χ1v) is 10.0. The number of ether oxygens (including phenoxy) is 3. The first-order chi connectivity index (χ1) is 14.9. The van der Waals surface area contributed by atoms with Crippen molar-refractivity contribution in [1.82, 2.24) is 0 Å². The second kappa shape index (κ2) is 11.9. The van der Waals surface area contributed by atoms with Crippen LogP contribution in [0.5, 0.6) is 11.5 Å². The third kappa shape index (κ3) is 7.22. The maximum Gasteiger partial charge on any atom is 0.307 e. The molecule has 2 aromatic rings. The number of carbonyl (C=O) groups is 1. The van der Waals surface area contributed by atoms with E-state index < -0.39 is 12.2 Å². The molecule has 3 atom stereocenters. The van der Waals surface area contributed by atoms with Crippen molar-refractivity contribution in [1.29, 1.82) is 5.26 Å². The predicted octanol–water partition coefficient (Wildman–Crippen LogP) is 4.09. The maximum atomic E-state index is 11.6. The maximum absolute atomic E-state index is 11.6. The molecule has 0 aliphatic carbocycles. The standard InChI is InChI=1S/C24H24ClNO5/c1-4-5-18(12-24(28)29-3)17-6-9-20(10-7-17)31-16(2)23(27)15-30-21-11-8-19(14-26)22(25)13-21/h6-11,13,16,18,23,27H,12,15H2,1-3H3. The van der Waals surface area contributed by atoms with Gasteiger partial charge in [-0.25, -0.2) is 0 Å². The van der Waals surface area contributed by atoms with Gasteiger partial charge in [-0.1, -0.05) is 29.7 Å². The first kappa shape index (κ1) is 24.1. The minimum absolute atomic E-state index is 0.00519. The molecule has 0 aliphatic rings. The normalized spacial score (nSPS) is 13.0. The van der Waals surface area contributed by atoms with Crippen LogP contribution in [0.4, 0.5) is 0 Å². The fourth-order valence-corrected chi connectivity index (χ4v) is 2.95. The molecule has 0 spiro atoms. The van der Waals surface area contributed by atoms with Crippen LogP contribution in [0.25, 0.3) is 0 Å². The van der Waals surface area contributed by atoms with Gasteiger partial charge in [-0.2, -0.15) is 5.26 Å². The van der Waals surface area contributed by atoms with E-state index in [1.54, 1.807) is 38.1 Å². The number of halogens is 1. The highest BCUT2D eigenvalue weighted by Crippen LogP contribution is 2.24. The fraction of sp³-hybridized carbons (Fsp3) is 0.333. The molecule has 3 unspecified atom stereocenters. The van der Waals surface area contributed by atoms with Crippen molar-refractivity contribution in [2.24, 2.45) is 0 Å². The fourth-order valence-electron chi connectivity index (χ4n) is 2.74. The summed E-state index contributed by atoms with van der Waals surface area (Å²) in [7, 11) is 1.35. The van der Waals surface area contributed by atoms with Gasteiger partial charge in [0.25, 0.3) is 0 Å². The molecule has 0 saturated carbocycles. The van der Waals surface area contributed by atoms with E-state index in [0.717, 1.165) is 5.56 Å². The van der Waals surface area contributed by atoms with Gasteiger partial charge in [-0.05, 0) is 43.7 Å². The average molecular weight is 442 g/mol. The number of carbonyl (C=O) groups excluding carboxylic acids is 1. The van der Waals surface area contributed by atoms with Crippen molar-refractivity contribution in [3.8, 4) is 29.4 Å². The van der Waals surface area contributed by atoms with Gasteiger partial charge < -0.3 is 19.3 Å². The Hall–Kier alpha value is -3.19. The van der Waals surface area contributed by atoms with Crippen molar-refractivity contribution >= 4 is 17.6 Å². The number of aliphatic hydroxyl groups is 1. The van der Waals surface area contributed by atoms with Gasteiger partial charge in [0.15, 0.2) is 0 Å². The molecule has 2 rings (SSSR count). The van der Waals surface area contributed by atoms with Crippen molar-refractivity contribution in [2.45, 2.75) is 38.4 Å². The highest BCUT2D eigenvalue weighted by atomic mass is 35.5. The lowest BCUT2D eigenvalue weighted by atomic mass is 9.96. The van der Waals surface area contributed by atoms with Gasteiger partial charge in [-0.15, -0.1) is 5.92 Å². The van der Waals surface area contributed by atoms with Crippen LogP contribution in [0.1, 0.15) is 37.3 Å². The first-order valence-electron chi connectivity index (χ1n) is 9.64. The Kier molecular flexibility index (Phi) is 9.21. The summed E-state index contributed by atoms with van der Waals surface area (Å²) in [4.78, 5) is 11.6. The molecule has 0 radical (unpaired) electrons. The second-order valence-corrected chi connectivity index (χ2v) is 7.16. The number of benzene rings is 2. The number of hydrogen-bond acceptors (Lipinski definition) is 6. The lowest BCUT2D eigenvalue weighted by Gasteiger charge is -2.21. The molecule has 162 valence electrons. The number of methoxy groups -OCH3 is 1. The molecule has 0 bridgehead atoms. The zero-order valence-electron chi connectivity index (χ0n) is 17.6. The number of rotatable bonds is 9. The summed E-state index contributed by atoms with van der Waals surface area (Å²) in [6.45, 7) is 3.45. The van der Waals surface area contributed by atoms with Crippen molar-refractivity contribution < 1.29 is 24.1 Å². The van der Waals surface area contributed by atoms with E-state index in [1.807, 2.05) is 18.2 Å². The highest BCUT2D eigenvalue weighted by Gasteiger charge is 2.18. The Labute approximate surface area is 187 Å². The molecule has 0 fully saturated rings. The molecule has 6 nitrogen and oxygen atoms in total. The summed E-state index contributed by atoms with van der Waals surface area (Å²) in [5.41, 5.74) is 1.23. The monoisotopic (exact) mass is 441 g/mol. The van der Waals surface area contributed by atoms with Gasteiger partial charge in [0.1, 0.15) is 36.4 Å². The van der Waals surface area contributed by atoms with Crippen LogP contribution in [0.15, 0.2) is 42.5 Å². The molecule has 7 heteroatoms. The van der Waals surface area contributed by atoms with Gasteiger partial charge >= 0.3 is 5.97 Å². The summed E-state index contributed by atoms with van der Waals surface area (Å²) >= 11 is 5.98. The Morgan fingerprint density at radius 2 is 1.87 bits per heavy atom. The molecular weight excluding hydrogens is 418 g/mol. The zero-order chi connectivity index (χ0) is 22.8. The molecule has 31 heavy (non-hydrogen) atoms. The van der Waals surface area contributed by atoms with Gasteiger partial charge in [0.2, 0.25) is 0 Å². The van der Waals surface area contributed by atoms with E-state index in [0.29, 0.717) is 17.1 Å². The Morgan fingerprint density at radius 3 is 2.45 bits per heavy atom. The van der Waals surface area contributed by atoms with E-state index in [2.05, 4.69) is 11.8 Å². The second-order valence-electron chi connectivity index (χ2n) is 6.75. The molecular formula is C24H24ClNO5. The average Bonchev–Trinajstić information content (AvgIpc) is 2.77. The van der Waals surface area contributed by atoms with Crippen molar-refractivity contribution in [2.75, 3.05) is 13.7 Å². The van der Waals surface area contributed by atoms with E-state index in [4.69, 9.17) is 31.1 Å². The smallest absolute Gasteiger partial charge is 0.307 e. The SMILES string of the molecule is CC#CC(CC(=O)OC)c1ccc(OC(C)C(O)COc2ccc(C#N)c(Cl)c2)cc1. The van der Waals surface area contributed by atoms with Gasteiger partial charge in [0, 0.05) is 6.07 Å². The summed E-state index contributed by atoms with van der Waals surface area (Å²) in [6, 6.07) is 13.9. The summed E-state index contributed by atoms with van der Waals surface area (Å²) in [6.07, 6.45) is -1.27. The molecule has 0 aromatic heterocycles. The van der Waals surface area contributed by atoms with Crippen LogP contribution in [-0.4, -0.2) is 37.0 Å². The van der Waals surface area contributed by atoms with Crippen LogP contribution in [0, 0.1) is 23.2 Å². The third-order valence-electron chi connectivity index (χ3n) is 4.55. The number of nitriles is 1. The van der Waals surface area contributed by atoms with Crippen molar-refractivity contribution in [3.05, 3.63) is 58.6 Å². The Bertz CT molecular complexity index is 988. The van der Waals surface area contributed by atoms with Crippen LogP contribution < -0.4 is 9.47 Å². The summed E-state index contributed by atoms with van der Waals surface area (Å²) in [5, 5.41) is 19.5. The number of hydrogen-bond donors (Lipinski definition) is 1. The molecule has 0 aliphatic heterocycles. The van der Waals surface area contributed by atoms with Crippen LogP contribution >= 0.6 is 11.6 Å². The van der Waals surface area contributed by atoms with E-state index in [9.17, 15) is 9.90 Å². The minimum Gasteiger partial charge on any atom is -0.491 e. The van der Waals surface area contributed by atoms with Gasteiger partial charge in [0.05, 0.1) is 30.0 Å². The van der Waals surface area contributed by atoms with Crippen LogP contribution in [-0.2, 0) is 9.53 Å². The molecule has 0 saturated heterocycles. The number of aliphatic hydroxyl groups excluding tert-OH is 1. The Balaban J connectivity index is 1.94. The Morgan fingerprint density at radius 1 is 1.19 bits per heavy atom. The lowest BCUT2D eigenvalue weighted by Crippen LogP contribution is -2.33. The van der Waals surface area contributed by atoms with Gasteiger partial charge in [-0.3, -0.25) is 4.79 Å². The third-order valence-corrected chi connectivity index (χ3v) is 4.86. The van der Waals surface area contributed by atoms with E-state index in [1.165, 1.54) is 13.2 Å². The predicted molar refractivity (Wildman–Crippen MR) is 117 cm³/mol. The quantitative estimate of drug-likeness (QED) is 0.465. The molecule has 0 amide bonds. The van der Waals surface area contributed by atoms with Crippen LogP contribution in [0.2, 0.25) is 5.02 Å². The molecule has 1 N–H and O–H groups in total. The number of esters is 1. The van der Waals surface area contributed by atoms with Crippen molar-refractivity contribution in [3.63, 3.8) is 0 Å². The lowest BCUT2D eigenvalue weighted by molar-refractivity contribution is -0.140. The van der Waals surface area contributed by atoms with Crippen LogP contribution in [0.3, 0.4) is 0 Å². The minimum atomic E-state index is -0.896. The topological polar surface area (TPSA) is 88.8 Å². The summed E-state index contributed by atoms with van der Waals surface area (Å²) in [5.74, 6) is 6.28. The van der Waals surface area contributed by atoms with E-state index in [-0.39, 0.29) is 29.9 Å². The largest absolute Gasteiger partial charge is 0.491 e. The molecule has 2 aromatic carbocycles. The zero-order valence-corrected chi connectivity index (χ0v) is 18.3. The molecule has 0 heterocycles. The summed E-state index contributed by atoms with van der Waals surface area (Å²) < 4.78 is 16.1.